The summed E-state index contributed by atoms with van der Waals surface area (Å²) in [5, 5.41) is -0.265. The van der Waals surface area contributed by atoms with Gasteiger partial charge in [0.1, 0.15) is 18.1 Å². The third-order valence-corrected chi connectivity index (χ3v) is 6.12. The van der Waals surface area contributed by atoms with E-state index in [9.17, 15) is 27.3 Å². The Balaban J connectivity index is 1.89. The Morgan fingerprint density at radius 3 is 2.41 bits per heavy atom. The lowest BCUT2D eigenvalue weighted by molar-refractivity contribution is -0.137. The molecule has 0 saturated carbocycles. The van der Waals surface area contributed by atoms with Crippen molar-refractivity contribution in [3.8, 4) is 16.9 Å². The van der Waals surface area contributed by atoms with Crippen molar-refractivity contribution >= 4 is 29.8 Å². The number of fused-ring (bicyclic) bond motifs is 3. The third-order valence-electron chi connectivity index (χ3n) is 5.67. The summed E-state index contributed by atoms with van der Waals surface area (Å²) < 4.78 is 57.3. The molecule has 5 aromatic rings. The molecule has 0 atom stereocenters. The van der Waals surface area contributed by atoms with Gasteiger partial charge in [-0.3, -0.25) is 18.9 Å². The van der Waals surface area contributed by atoms with Gasteiger partial charge in [-0.05, 0) is 37.3 Å². The summed E-state index contributed by atoms with van der Waals surface area (Å²) in [7, 11) is -5.13. The van der Waals surface area contributed by atoms with Gasteiger partial charge in [0, 0.05) is 24.2 Å². The monoisotopic (exact) mass is 560 g/mol. The Bertz CT molecular complexity index is 1920. The number of benzene rings is 1. The minimum atomic E-state index is -5.13. The van der Waals surface area contributed by atoms with Crippen LogP contribution in [0.25, 0.3) is 38.9 Å². The Labute approximate surface area is 215 Å². The number of rotatable bonds is 5. The van der Waals surface area contributed by atoms with Crippen LogP contribution in [0, 0.1) is 6.92 Å². The zero-order valence-electron chi connectivity index (χ0n) is 19.7. The van der Waals surface area contributed by atoms with Crippen molar-refractivity contribution in [2.75, 3.05) is 0 Å². The van der Waals surface area contributed by atoms with Crippen LogP contribution in [0.1, 0.15) is 11.4 Å². The molecule has 0 saturated heterocycles. The molecule has 2 N–H and O–H groups in total. The zero-order chi connectivity index (χ0) is 28.1. The highest BCUT2D eigenvalue weighted by Gasteiger charge is 2.31. The van der Waals surface area contributed by atoms with E-state index in [2.05, 4.69) is 24.5 Å². The van der Waals surface area contributed by atoms with E-state index in [1.165, 1.54) is 18.5 Å². The number of phosphoric acid groups is 1. The highest BCUT2D eigenvalue weighted by molar-refractivity contribution is 7.46. The lowest BCUT2D eigenvalue weighted by Gasteiger charge is -2.17. The number of hydrogen-bond donors (Lipinski definition) is 2. The predicted molar refractivity (Wildman–Crippen MR) is 131 cm³/mol. The van der Waals surface area contributed by atoms with Gasteiger partial charge in [0.15, 0.2) is 0 Å². The van der Waals surface area contributed by atoms with Gasteiger partial charge in [-0.25, -0.2) is 28.9 Å². The van der Waals surface area contributed by atoms with Crippen LogP contribution < -0.4 is 11.2 Å². The number of pyridine rings is 2. The third kappa shape index (κ3) is 5.07. The highest BCUT2D eigenvalue weighted by atomic mass is 31.2. The first kappa shape index (κ1) is 26.3. The Hall–Kier alpha value is -4.30. The fourth-order valence-corrected chi connectivity index (χ4v) is 4.14. The summed E-state index contributed by atoms with van der Waals surface area (Å²) in [6, 6.07) is 6.92. The van der Waals surface area contributed by atoms with Crippen LogP contribution in [0.5, 0.6) is 0 Å². The van der Waals surface area contributed by atoms with E-state index in [1.807, 2.05) is 0 Å². The summed E-state index contributed by atoms with van der Waals surface area (Å²) in [6.07, 6.45) is -0.662. The number of hydrogen-bond acceptors (Lipinski definition) is 8. The number of alkyl halides is 3. The average Bonchev–Trinajstić information content (AvgIpc) is 2.88. The van der Waals surface area contributed by atoms with Gasteiger partial charge >= 0.3 is 19.7 Å². The van der Waals surface area contributed by atoms with Crippen LogP contribution in [0.2, 0.25) is 0 Å². The van der Waals surface area contributed by atoms with Gasteiger partial charge in [-0.2, -0.15) is 13.2 Å². The Kier molecular flexibility index (Phi) is 6.39. The molecule has 0 amide bonds. The Morgan fingerprint density at radius 1 is 1.03 bits per heavy atom. The topological polar surface area (TPSA) is 162 Å². The predicted octanol–water partition coefficient (Wildman–Crippen LogP) is 2.95. The van der Waals surface area contributed by atoms with Crippen molar-refractivity contribution in [2.45, 2.75) is 19.8 Å². The first-order chi connectivity index (χ1) is 18.3. The van der Waals surface area contributed by atoms with Gasteiger partial charge in [-0.1, -0.05) is 6.07 Å². The second kappa shape index (κ2) is 9.47. The summed E-state index contributed by atoms with van der Waals surface area (Å²) >= 11 is 0. The molecule has 0 aliphatic heterocycles. The SMILES string of the molecule is Cc1ncc(-c2ccc3ncc4c(=O)n(COP(=O)(O)O)c(=O)n(-c5cccc(C(F)(F)F)c5)c4c3n2)cn1. The molecule has 0 fully saturated rings. The van der Waals surface area contributed by atoms with Gasteiger partial charge in [0.2, 0.25) is 0 Å². The van der Waals surface area contributed by atoms with Gasteiger partial charge in [0.25, 0.3) is 5.56 Å². The molecular formula is C23H16F3N6O6P. The minimum Gasteiger partial charge on any atom is -0.303 e. The molecule has 0 spiro atoms. The van der Waals surface area contributed by atoms with Crippen LogP contribution in [0.3, 0.4) is 0 Å². The fraction of sp³-hybridized carbons (Fsp3) is 0.130. The van der Waals surface area contributed by atoms with E-state index in [0.29, 0.717) is 27.7 Å². The maximum atomic E-state index is 13.6. The zero-order valence-corrected chi connectivity index (χ0v) is 20.6. The van der Waals surface area contributed by atoms with Gasteiger partial charge in [0.05, 0.1) is 33.4 Å². The number of phosphoric ester groups is 1. The number of halogens is 3. The van der Waals surface area contributed by atoms with Crippen molar-refractivity contribution in [2.24, 2.45) is 0 Å². The van der Waals surface area contributed by atoms with Crippen molar-refractivity contribution in [1.82, 2.24) is 29.1 Å². The smallest absolute Gasteiger partial charge is 0.303 e. The molecule has 0 aliphatic rings. The molecule has 0 radical (unpaired) electrons. The molecular weight excluding hydrogens is 544 g/mol. The van der Waals surface area contributed by atoms with Crippen molar-refractivity contribution in [3.63, 3.8) is 0 Å². The first-order valence-corrected chi connectivity index (χ1v) is 12.5. The van der Waals surface area contributed by atoms with Crippen molar-refractivity contribution in [1.29, 1.82) is 0 Å². The van der Waals surface area contributed by atoms with Crippen molar-refractivity contribution < 1.29 is 32.0 Å². The van der Waals surface area contributed by atoms with Crippen LogP contribution in [-0.2, 0) is 22.0 Å². The molecule has 39 heavy (non-hydrogen) atoms. The number of aromatic nitrogens is 6. The highest BCUT2D eigenvalue weighted by Crippen LogP contribution is 2.36. The van der Waals surface area contributed by atoms with Gasteiger partial charge < -0.3 is 9.79 Å². The maximum Gasteiger partial charge on any atom is 0.471 e. The molecule has 0 bridgehead atoms. The standard InChI is InChI=1S/C23H16F3N6O6P/c1-12-27-8-13(9-28-12)17-5-6-18-19(30-17)20-16(10-29-18)21(33)31(11-38-39(35,36)37)22(34)32(20)15-4-2-3-14(7-15)23(24,25)26/h2-10H,11H2,1H3,(H2,35,36,37). The molecule has 12 nitrogen and oxygen atoms in total. The molecule has 1 aromatic carbocycles. The molecule has 5 rings (SSSR count). The molecule has 0 aliphatic carbocycles. The van der Waals surface area contributed by atoms with Crippen LogP contribution in [0.4, 0.5) is 13.2 Å². The quantitative estimate of drug-likeness (QED) is 0.241. The average molecular weight is 560 g/mol. The lowest BCUT2D eigenvalue weighted by Crippen LogP contribution is -2.40. The van der Waals surface area contributed by atoms with E-state index >= 15 is 0 Å². The van der Waals surface area contributed by atoms with E-state index < -0.39 is 37.5 Å². The van der Waals surface area contributed by atoms with Crippen LogP contribution in [0.15, 0.2) is 64.6 Å². The van der Waals surface area contributed by atoms with Crippen LogP contribution in [-0.4, -0.2) is 38.9 Å². The maximum absolute atomic E-state index is 13.6. The van der Waals surface area contributed by atoms with Crippen LogP contribution >= 0.6 is 7.82 Å². The van der Waals surface area contributed by atoms with E-state index in [1.54, 1.807) is 19.1 Å². The normalized spacial score (nSPS) is 12.4. The molecule has 0 unspecified atom stereocenters. The lowest BCUT2D eigenvalue weighted by atomic mass is 10.1. The van der Waals surface area contributed by atoms with Gasteiger partial charge in [-0.15, -0.1) is 0 Å². The van der Waals surface area contributed by atoms with Crippen molar-refractivity contribution in [3.05, 3.63) is 87.2 Å². The van der Waals surface area contributed by atoms with E-state index in [4.69, 9.17) is 9.79 Å². The second-order valence-corrected chi connectivity index (χ2v) is 9.49. The molecule has 200 valence electrons. The largest absolute Gasteiger partial charge is 0.471 e. The molecule has 4 aromatic heterocycles. The van der Waals surface area contributed by atoms with E-state index in [0.717, 1.165) is 22.9 Å². The summed E-state index contributed by atoms with van der Waals surface area (Å²) in [6.45, 7) is 0.507. The number of nitrogens with zero attached hydrogens (tertiary/aromatic N) is 6. The fourth-order valence-electron chi connectivity index (χ4n) is 3.88. The summed E-state index contributed by atoms with van der Waals surface area (Å²) in [5.74, 6) is 0.503. The molecule has 4 heterocycles. The number of aryl methyl sites for hydroxylation is 1. The second-order valence-electron chi connectivity index (χ2n) is 8.25. The Morgan fingerprint density at radius 2 is 1.74 bits per heavy atom. The van der Waals surface area contributed by atoms with E-state index in [-0.39, 0.29) is 27.6 Å². The minimum absolute atomic E-state index is 0.000225. The first-order valence-electron chi connectivity index (χ1n) is 11.0. The molecule has 16 heteroatoms. The summed E-state index contributed by atoms with van der Waals surface area (Å²) in [4.78, 5) is 62.0. The summed E-state index contributed by atoms with van der Waals surface area (Å²) in [5.41, 5.74) is -2.79.